The van der Waals surface area contributed by atoms with E-state index in [-0.39, 0.29) is 16.9 Å². The molecule has 7 nitrogen and oxygen atoms in total. The molecule has 0 spiro atoms. The maximum atomic E-state index is 14.3. The molecule has 5 N–H and O–H groups in total. The number of halogens is 4. The van der Waals surface area contributed by atoms with Gasteiger partial charge in [0.1, 0.15) is 12.4 Å². The van der Waals surface area contributed by atoms with Crippen LogP contribution in [0, 0.1) is 11.2 Å². The number of primary amides is 1. The van der Waals surface area contributed by atoms with Crippen molar-refractivity contribution in [1.82, 2.24) is 4.57 Å². The summed E-state index contributed by atoms with van der Waals surface area (Å²) in [6.45, 7) is -0.415. The number of nitrogens with one attached hydrogen (secondary N) is 2. The number of alkyl halides is 3. The number of hydrogen-bond acceptors (Lipinski definition) is 5. The van der Waals surface area contributed by atoms with Gasteiger partial charge in [0.15, 0.2) is 0 Å². The Morgan fingerprint density at radius 3 is 2.41 bits per heavy atom. The van der Waals surface area contributed by atoms with Gasteiger partial charge in [-0.3, -0.25) is 9.79 Å². The van der Waals surface area contributed by atoms with Crippen LogP contribution in [0.2, 0.25) is 0 Å². The molecule has 3 rings (SSSR count). The highest BCUT2D eigenvalue weighted by Crippen LogP contribution is 2.45. The number of rotatable bonds is 8. The third-order valence-corrected chi connectivity index (χ3v) is 5.09. The number of benzene rings is 2. The molecule has 1 unspecified atom stereocenters. The third kappa shape index (κ3) is 4.84. The van der Waals surface area contributed by atoms with Gasteiger partial charge in [0.2, 0.25) is 11.5 Å². The first-order valence-electron chi connectivity index (χ1n) is 9.87. The van der Waals surface area contributed by atoms with Crippen molar-refractivity contribution in [3.8, 4) is 0 Å². The molecule has 0 radical (unpaired) electrons. The lowest BCUT2D eigenvalue weighted by molar-refractivity contribution is -0.248. The lowest BCUT2D eigenvalue weighted by Gasteiger charge is -2.31. The van der Waals surface area contributed by atoms with Gasteiger partial charge >= 0.3 is 6.18 Å². The SMILES string of the molecule is CN=Cc1cc(C(O)(c2ccc(Nc3ccc(F)cc3)c(C=N)c2)C(F)(F)F)cn1CC(N)=O. The second-order valence-electron chi connectivity index (χ2n) is 7.42. The summed E-state index contributed by atoms with van der Waals surface area (Å²) in [6.07, 6.45) is -2.09. The molecule has 1 atom stereocenters. The van der Waals surface area contributed by atoms with Crippen LogP contribution in [-0.2, 0) is 16.9 Å². The number of anilines is 2. The van der Waals surface area contributed by atoms with E-state index in [1.54, 1.807) is 0 Å². The van der Waals surface area contributed by atoms with Gasteiger partial charge in [-0.25, -0.2) is 4.39 Å². The zero-order chi connectivity index (χ0) is 25.1. The van der Waals surface area contributed by atoms with Crippen LogP contribution >= 0.6 is 0 Å². The number of nitrogens with two attached hydrogens (primary N) is 1. The van der Waals surface area contributed by atoms with Crippen molar-refractivity contribution in [3.05, 3.63) is 82.9 Å². The monoisotopic (exact) mass is 475 g/mol. The summed E-state index contributed by atoms with van der Waals surface area (Å²) in [5.74, 6) is -1.25. The molecule has 0 bridgehead atoms. The quantitative estimate of drug-likeness (QED) is 0.294. The third-order valence-electron chi connectivity index (χ3n) is 5.09. The second kappa shape index (κ2) is 9.48. The Balaban J connectivity index is 2.12. The highest BCUT2D eigenvalue weighted by molar-refractivity contribution is 5.88. The molecule has 0 saturated carbocycles. The predicted octanol–water partition coefficient (Wildman–Crippen LogP) is 3.70. The van der Waals surface area contributed by atoms with Gasteiger partial charge in [0.25, 0.3) is 0 Å². The maximum Gasteiger partial charge on any atom is 0.425 e. The Morgan fingerprint density at radius 1 is 1.18 bits per heavy atom. The number of aliphatic imine (C=N–C) groups is 1. The van der Waals surface area contributed by atoms with Gasteiger partial charge in [-0.15, -0.1) is 0 Å². The molecule has 34 heavy (non-hydrogen) atoms. The number of aliphatic hydroxyl groups is 1. The Labute approximate surface area is 192 Å². The largest absolute Gasteiger partial charge is 0.425 e. The number of carbonyl (C=O) groups excluding carboxylic acids is 1. The molecule has 0 fully saturated rings. The van der Waals surface area contributed by atoms with E-state index in [1.165, 1.54) is 43.6 Å². The Morgan fingerprint density at radius 2 is 1.85 bits per heavy atom. The van der Waals surface area contributed by atoms with Crippen LogP contribution in [0.5, 0.6) is 0 Å². The molecule has 1 amide bonds. The number of nitrogens with zero attached hydrogens (tertiary/aromatic N) is 2. The van der Waals surface area contributed by atoms with Crippen LogP contribution < -0.4 is 11.1 Å². The van der Waals surface area contributed by atoms with Crippen molar-refractivity contribution in [1.29, 1.82) is 5.41 Å². The Kier molecular flexibility index (Phi) is 6.87. The zero-order valence-corrected chi connectivity index (χ0v) is 17.9. The predicted molar refractivity (Wildman–Crippen MR) is 120 cm³/mol. The Hall–Kier alpha value is -3.99. The van der Waals surface area contributed by atoms with E-state index in [9.17, 15) is 27.5 Å². The van der Waals surface area contributed by atoms with Gasteiger partial charge in [-0.1, -0.05) is 6.07 Å². The van der Waals surface area contributed by atoms with Crippen molar-refractivity contribution in [2.45, 2.75) is 18.3 Å². The van der Waals surface area contributed by atoms with E-state index in [4.69, 9.17) is 11.1 Å². The molecular weight excluding hydrogens is 454 g/mol. The zero-order valence-electron chi connectivity index (χ0n) is 17.9. The first-order valence-corrected chi connectivity index (χ1v) is 9.87. The summed E-state index contributed by atoms with van der Waals surface area (Å²) in [6, 6.07) is 9.73. The number of amides is 1. The molecule has 11 heteroatoms. The van der Waals surface area contributed by atoms with E-state index >= 15 is 0 Å². The molecular formula is C23H21F4N5O2. The van der Waals surface area contributed by atoms with Crippen molar-refractivity contribution in [2.24, 2.45) is 10.7 Å². The van der Waals surface area contributed by atoms with Crippen LogP contribution in [-0.4, -0.2) is 41.2 Å². The fourth-order valence-electron chi connectivity index (χ4n) is 3.47. The maximum absolute atomic E-state index is 14.3. The number of hydrogen-bond donors (Lipinski definition) is 4. The van der Waals surface area contributed by atoms with Crippen LogP contribution in [0.15, 0.2) is 59.7 Å². The van der Waals surface area contributed by atoms with E-state index in [0.29, 0.717) is 5.69 Å². The molecule has 0 aliphatic rings. The lowest BCUT2D eigenvalue weighted by atomic mass is 9.86. The van der Waals surface area contributed by atoms with Gasteiger partial charge < -0.3 is 26.1 Å². The molecule has 1 heterocycles. The highest BCUT2D eigenvalue weighted by atomic mass is 19.4. The number of aromatic nitrogens is 1. The highest BCUT2D eigenvalue weighted by Gasteiger charge is 2.57. The molecule has 3 aromatic rings. The van der Waals surface area contributed by atoms with Crippen LogP contribution in [0.1, 0.15) is 22.4 Å². The fourth-order valence-corrected chi connectivity index (χ4v) is 3.47. The topological polar surface area (TPSA) is 116 Å². The van der Waals surface area contributed by atoms with Gasteiger partial charge in [-0.2, -0.15) is 13.2 Å². The second-order valence-corrected chi connectivity index (χ2v) is 7.42. The van der Waals surface area contributed by atoms with Crippen LogP contribution in [0.4, 0.5) is 28.9 Å². The smallest absolute Gasteiger partial charge is 0.372 e. The minimum Gasteiger partial charge on any atom is -0.372 e. The Bertz CT molecular complexity index is 1240. The standard InChI is InChI=1S/C23H21F4N5O2/c1-30-11-19-9-16(12-32(19)13-21(29)33)22(34,23(25,26)27)15-2-7-20(14(8-15)10-28)31-18-5-3-17(24)4-6-18/h2-12,28,31,34H,13H2,1H3,(H2,29,33). The molecule has 178 valence electrons. The molecule has 0 aliphatic carbocycles. The first kappa shape index (κ1) is 24.6. The molecule has 2 aromatic carbocycles. The van der Waals surface area contributed by atoms with Crippen LogP contribution in [0.25, 0.3) is 0 Å². The molecule has 0 aliphatic heterocycles. The lowest BCUT2D eigenvalue weighted by Crippen LogP contribution is -2.43. The molecule has 1 aromatic heterocycles. The summed E-state index contributed by atoms with van der Waals surface area (Å²) >= 11 is 0. The number of carbonyl (C=O) groups is 1. The van der Waals surface area contributed by atoms with Crippen molar-refractivity contribution in [3.63, 3.8) is 0 Å². The average molecular weight is 475 g/mol. The first-order chi connectivity index (χ1) is 16.0. The van der Waals surface area contributed by atoms with Crippen molar-refractivity contribution >= 4 is 29.7 Å². The normalized spacial score (nSPS) is 13.6. The fraction of sp³-hybridized carbons (Fsp3) is 0.174. The van der Waals surface area contributed by atoms with Crippen LogP contribution in [0.3, 0.4) is 0 Å². The summed E-state index contributed by atoms with van der Waals surface area (Å²) in [5, 5.41) is 21.6. The minimum absolute atomic E-state index is 0.0522. The van der Waals surface area contributed by atoms with Gasteiger partial charge in [0, 0.05) is 48.2 Å². The summed E-state index contributed by atoms with van der Waals surface area (Å²) in [5.41, 5.74) is 1.56. The van der Waals surface area contributed by atoms with Gasteiger partial charge in [-0.05, 0) is 48.0 Å². The van der Waals surface area contributed by atoms with E-state index in [2.05, 4.69) is 10.3 Å². The molecule has 0 saturated heterocycles. The van der Waals surface area contributed by atoms with E-state index < -0.39 is 41.2 Å². The summed E-state index contributed by atoms with van der Waals surface area (Å²) < 4.78 is 57.2. The summed E-state index contributed by atoms with van der Waals surface area (Å²) in [4.78, 5) is 15.1. The minimum atomic E-state index is -5.16. The van der Waals surface area contributed by atoms with E-state index in [0.717, 1.165) is 35.2 Å². The van der Waals surface area contributed by atoms with Crippen molar-refractivity contribution in [2.75, 3.05) is 12.4 Å². The van der Waals surface area contributed by atoms with Gasteiger partial charge in [0.05, 0.1) is 5.69 Å². The van der Waals surface area contributed by atoms with Crippen molar-refractivity contribution < 1.29 is 27.5 Å². The average Bonchev–Trinajstić information content (AvgIpc) is 3.16. The van der Waals surface area contributed by atoms with E-state index in [1.807, 2.05) is 0 Å². The summed E-state index contributed by atoms with van der Waals surface area (Å²) in [7, 11) is 1.40.